The quantitative estimate of drug-likeness (QED) is 0.592. The number of rotatable bonds is 1. The molecule has 0 amide bonds. The van der Waals surface area contributed by atoms with Gasteiger partial charge in [-0.05, 0) is 12.1 Å². The first-order valence-electron chi connectivity index (χ1n) is 2.64. The van der Waals surface area contributed by atoms with Crippen LogP contribution in [-0.4, -0.2) is 11.9 Å². The number of phenolic OH excluding ortho intramolecular Hbond substituents is 1. The Morgan fingerprint density at radius 3 is 2.70 bits per heavy atom. The summed E-state index contributed by atoms with van der Waals surface area (Å²) in [6.07, 6.45) is 0. The molecule has 1 rings (SSSR count). The molecular weight excluding hydrogens is 135 g/mol. The van der Waals surface area contributed by atoms with Crippen LogP contribution in [0.1, 0.15) is 0 Å². The van der Waals surface area contributed by atoms with Crippen molar-refractivity contribution in [3.05, 3.63) is 24.0 Å². The third-order valence-electron chi connectivity index (χ3n) is 1.08. The van der Waals surface area contributed by atoms with Crippen LogP contribution in [0, 0.1) is 5.82 Å². The molecule has 0 saturated carbocycles. The summed E-state index contributed by atoms with van der Waals surface area (Å²) in [5.41, 5.74) is 0. The molecule has 0 radical (unpaired) electrons. The topological polar surface area (TPSA) is 31.5 Å². The summed E-state index contributed by atoms with van der Waals surface area (Å²) in [7, 11) is 0. The van der Waals surface area contributed by atoms with E-state index < -0.39 is 5.82 Å². The van der Waals surface area contributed by atoms with Crippen molar-refractivity contribution in [3.63, 3.8) is 0 Å². The Bertz CT molecular complexity index is 258. The van der Waals surface area contributed by atoms with Gasteiger partial charge in [0.15, 0.2) is 0 Å². The van der Waals surface area contributed by atoms with Crippen LogP contribution in [0.5, 0.6) is 11.5 Å². The van der Waals surface area contributed by atoms with Crippen LogP contribution in [-0.2, 0) is 4.42 Å². The van der Waals surface area contributed by atoms with Gasteiger partial charge in [0.2, 0.25) is 5.75 Å². The Labute approximate surface area is 57.2 Å². The molecule has 0 aliphatic heterocycles. The largest absolute Gasteiger partial charge is 0.500 e. The SMILES string of the molecule is C=[O+]c1cc(F)ccc1O. The van der Waals surface area contributed by atoms with Crippen LogP contribution in [0.3, 0.4) is 0 Å². The average Bonchev–Trinajstić information content (AvgIpc) is 1.94. The standard InChI is InChI=1S/C7H5FO2/c1-10-7-4-5(8)2-3-6(7)9/h2-4H,1H2/p+1. The molecule has 52 valence electrons. The number of aromatic hydroxyl groups is 1. The molecule has 0 bridgehead atoms. The molecule has 1 aromatic rings. The molecule has 0 saturated heterocycles. The molecule has 0 aromatic heterocycles. The maximum Gasteiger partial charge on any atom is 0.395 e. The normalized spacial score (nSPS) is 9.30. The molecule has 0 aliphatic rings. The lowest BCUT2D eigenvalue weighted by atomic mass is 10.3. The Morgan fingerprint density at radius 1 is 1.50 bits per heavy atom. The fraction of sp³-hybridized carbons (Fsp3) is 0. The summed E-state index contributed by atoms with van der Waals surface area (Å²) in [6, 6.07) is 3.40. The van der Waals surface area contributed by atoms with Gasteiger partial charge in [0.1, 0.15) is 5.82 Å². The van der Waals surface area contributed by atoms with E-state index in [4.69, 9.17) is 5.11 Å². The van der Waals surface area contributed by atoms with E-state index in [0.29, 0.717) is 0 Å². The minimum absolute atomic E-state index is 0.0417. The van der Waals surface area contributed by atoms with Crippen LogP contribution < -0.4 is 0 Å². The predicted octanol–water partition coefficient (Wildman–Crippen LogP) is 1.61. The van der Waals surface area contributed by atoms with E-state index >= 15 is 0 Å². The van der Waals surface area contributed by atoms with Crippen molar-refractivity contribution in [1.29, 1.82) is 0 Å². The highest BCUT2D eigenvalue weighted by atomic mass is 19.1. The first-order chi connectivity index (χ1) is 4.74. The number of halogens is 1. The summed E-state index contributed by atoms with van der Waals surface area (Å²) < 4.78 is 16.7. The Kier molecular flexibility index (Phi) is 1.67. The van der Waals surface area contributed by atoms with E-state index in [0.717, 1.165) is 12.1 Å². The lowest BCUT2D eigenvalue weighted by Gasteiger charge is -1.86. The van der Waals surface area contributed by atoms with Crippen LogP contribution >= 0.6 is 0 Å². The maximum atomic E-state index is 12.3. The lowest BCUT2D eigenvalue weighted by Crippen LogP contribution is -1.73. The van der Waals surface area contributed by atoms with E-state index in [-0.39, 0.29) is 11.5 Å². The predicted molar refractivity (Wildman–Crippen MR) is 34.6 cm³/mol. The zero-order valence-electron chi connectivity index (χ0n) is 5.17. The van der Waals surface area contributed by atoms with Gasteiger partial charge in [-0.15, -0.1) is 0 Å². The van der Waals surface area contributed by atoms with Gasteiger partial charge in [0, 0.05) is 0 Å². The highest BCUT2D eigenvalue weighted by molar-refractivity contribution is 5.38. The molecule has 2 nitrogen and oxygen atoms in total. The van der Waals surface area contributed by atoms with Crippen molar-refractivity contribution in [2.75, 3.05) is 0 Å². The van der Waals surface area contributed by atoms with E-state index in [1.807, 2.05) is 0 Å². The van der Waals surface area contributed by atoms with Crippen molar-refractivity contribution >= 4 is 6.79 Å². The molecule has 0 atom stereocenters. The van der Waals surface area contributed by atoms with E-state index in [1.165, 1.54) is 6.07 Å². The smallest absolute Gasteiger partial charge is 0.395 e. The van der Waals surface area contributed by atoms with E-state index in [1.54, 1.807) is 0 Å². The Balaban J connectivity index is 3.21. The van der Waals surface area contributed by atoms with Crippen molar-refractivity contribution < 1.29 is 13.9 Å². The number of phenols is 1. The monoisotopic (exact) mass is 141 g/mol. The molecular formula is C7H6FO2+. The molecule has 1 N–H and O–H groups in total. The maximum absolute atomic E-state index is 12.3. The highest BCUT2D eigenvalue weighted by Gasteiger charge is 2.09. The van der Waals surface area contributed by atoms with E-state index in [2.05, 4.69) is 11.2 Å². The average molecular weight is 141 g/mol. The highest BCUT2D eigenvalue weighted by Crippen LogP contribution is 2.25. The number of hydrogen-bond donors (Lipinski definition) is 1. The second-order valence-electron chi connectivity index (χ2n) is 1.76. The molecule has 1 aromatic carbocycles. The minimum Gasteiger partial charge on any atom is -0.500 e. The molecule has 10 heavy (non-hydrogen) atoms. The van der Waals surface area contributed by atoms with Gasteiger partial charge in [-0.2, -0.15) is 0 Å². The summed E-state index contributed by atoms with van der Waals surface area (Å²) in [4.78, 5) is 0. The van der Waals surface area contributed by atoms with Gasteiger partial charge in [-0.25, -0.2) is 8.82 Å². The third kappa shape index (κ3) is 1.13. The van der Waals surface area contributed by atoms with E-state index in [9.17, 15) is 4.39 Å². The fourth-order valence-corrected chi connectivity index (χ4v) is 0.604. The van der Waals surface area contributed by atoms with Gasteiger partial charge in [0.25, 0.3) is 6.79 Å². The van der Waals surface area contributed by atoms with Crippen molar-refractivity contribution in [2.45, 2.75) is 0 Å². The Morgan fingerprint density at radius 2 is 2.20 bits per heavy atom. The van der Waals surface area contributed by atoms with Gasteiger partial charge in [-0.1, -0.05) is 0 Å². The van der Waals surface area contributed by atoms with Crippen molar-refractivity contribution in [1.82, 2.24) is 0 Å². The molecule has 0 spiro atoms. The summed E-state index contributed by atoms with van der Waals surface area (Å²) in [5, 5.41) is 8.90. The number of hydrogen-bond acceptors (Lipinski definition) is 1. The van der Waals surface area contributed by atoms with Crippen molar-refractivity contribution in [2.24, 2.45) is 0 Å². The number of carbonyl (C=O) groups excluding carboxylic acids is 1. The number of benzene rings is 1. The Hall–Kier alpha value is -1.38. The van der Waals surface area contributed by atoms with Gasteiger partial charge in [0.05, 0.1) is 6.07 Å². The fourth-order valence-electron chi connectivity index (χ4n) is 0.604. The first kappa shape index (κ1) is 6.74. The first-order valence-corrected chi connectivity index (χ1v) is 2.64. The molecule has 0 unspecified atom stereocenters. The van der Waals surface area contributed by atoms with Crippen LogP contribution in [0.2, 0.25) is 0 Å². The van der Waals surface area contributed by atoms with Crippen LogP contribution in [0.4, 0.5) is 4.39 Å². The lowest BCUT2D eigenvalue weighted by molar-refractivity contribution is -0.356. The summed E-state index contributed by atoms with van der Waals surface area (Å²) >= 11 is 0. The molecule has 0 fully saturated rings. The van der Waals surface area contributed by atoms with Crippen LogP contribution in [0.15, 0.2) is 18.2 Å². The van der Waals surface area contributed by atoms with Gasteiger partial charge in [-0.3, -0.25) is 0 Å². The second kappa shape index (κ2) is 2.47. The van der Waals surface area contributed by atoms with Crippen molar-refractivity contribution in [3.8, 4) is 11.5 Å². The minimum atomic E-state index is -0.462. The van der Waals surface area contributed by atoms with Gasteiger partial charge >= 0.3 is 5.75 Å². The third-order valence-corrected chi connectivity index (χ3v) is 1.08. The zero-order chi connectivity index (χ0) is 7.56. The van der Waals surface area contributed by atoms with Crippen LogP contribution in [0.25, 0.3) is 0 Å². The zero-order valence-corrected chi connectivity index (χ0v) is 5.17. The molecule has 0 heterocycles. The molecule has 0 aliphatic carbocycles. The summed E-state index contributed by atoms with van der Waals surface area (Å²) in [5.74, 6) is -0.534. The van der Waals surface area contributed by atoms with Gasteiger partial charge < -0.3 is 5.11 Å². The summed E-state index contributed by atoms with van der Waals surface area (Å²) in [6.45, 7) is 3.03. The second-order valence-corrected chi connectivity index (χ2v) is 1.76. The molecule has 3 heteroatoms.